The average molecular weight is 451 g/mol. The highest BCUT2D eigenvalue weighted by Crippen LogP contribution is 2.34. The third kappa shape index (κ3) is 4.24. The first-order chi connectivity index (χ1) is 15.5. The highest BCUT2D eigenvalue weighted by Gasteiger charge is 2.24. The Bertz CT molecular complexity index is 1310. The molecule has 0 saturated carbocycles. The van der Waals surface area contributed by atoms with Gasteiger partial charge in [-0.25, -0.2) is 0 Å². The Morgan fingerprint density at radius 1 is 0.875 bits per heavy atom. The van der Waals surface area contributed by atoms with Gasteiger partial charge in [0.05, 0.1) is 19.9 Å². The van der Waals surface area contributed by atoms with Crippen LogP contribution in [-0.2, 0) is 0 Å². The lowest BCUT2D eigenvalue weighted by Gasteiger charge is -2.12. The predicted octanol–water partition coefficient (Wildman–Crippen LogP) is 5.61. The largest absolute Gasteiger partial charge is 0.497 e. The number of carbonyl (C=O) groups excluding carboxylic acids is 2. The van der Waals surface area contributed by atoms with Gasteiger partial charge in [0, 0.05) is 22.0 Å². The topological polar surface area (TPSA) is 89.8 Å². The van der Waals surface area contributed by atoms with Crippen molar-refractivity contribution in [3.63, 3.8) is 0 Å². The van der Waals surface area contributed by atoms with Gasteiger partial charge in [-0.3, -0.25) is 9.59 Å². The number of para-hydroxylation sites is 1. The first kappa shape index (κ1) is 21.3. The quantitative estimate of drug-likeness (QED) is 0.398. The molecule has 4 aromatic rings. The van der Waals surface area contributed by atoms with E-state index in [9.17, 15) is 9.59 Å². The molecule has 0 radical (unpaired) electrons. The van der Waals surface area contributed by atoms with Gasteiger partial charge < -0.3 is 24.5 Å². The Kier molecular flexibility index (Phi) is 6.00. The molecular formula is C24H19ClN2O5. The predicted molar refractivity (Wildman–Crippen MR) is 123 cm³/mol. The summed E-state index contributed by atoms with van der Waals surface area (Å²) in [5, 5.41) is 6.58. The standard InChI is InChI=1S/C24H19ClN2O5/c1-30-16-10-11-18(20(13-16)31-2)26-24(29)22-21(17-8-3-4-9-19(17)32-22)27-23(28)14-6-5-7-15(25)12-14/h3-13H,1-2H3,(H,26,29)(H,27,28). The Morgan fingerprint density at radius 3 is 2.44 bits per heavy atom. The summed E-state index contributed by atoms with van der Waals surface area (Å²) in [6.45, 7) is 0. The molecule has 0 bridgehead atoms. The average Bonchev–Trinajstić information content (AvgIpc) is 3.17. The minimum absolute atomic E-state index is 0.0422. The van der Waals surface area contributed by atoms with Crippen molar-refractivity contribution < 1.29 is 23.5 Å². The zero-order valence-corrected chi connectivity index (χ0v) is 18.0. The lowest BCUT2D eigenvalue weighted by molar-refractivity contribution is 0.0999. The van der Waals surface area contributed by atoms with Crippen LogP contribution in [-0.4, -0.2) is 26.0 Å². The number of halogens is 1. The first-order valence-electron chi connectivity index (χ1n) is 9.62. The van der Waals surface area contributed by atoms with Gasteiger partial charge in [-0.05, 0) is 42.5 Å². The van der Waals surface area contributed by atoms with Crippen molar-refractivity contribution in [1.82, 2.24) is 0 Å². The molecular weight excluding hydrogens is 432 g/mol. The van der Waals surface area contributed by atoms with E-state index in [-0.39, 0.29) is 11.4 Å². The van der Waals surface area contributed by atoms with Crippen LogP contribution in [0.4, 0.5) is 11.4 Å². The Balaban J connectivity index is 1.70. The van der Waals surface area contributed by atoms with Gasteiger partial charge in [-0.15, -0.1) is 0 Å². The maximum atomic E-state index is 13.1. The van der Waals surface area contributed by atoms with Gasteiger partial charge in [0.25, 0.3) is 11.8 Å². The number of benzene rings is 3. The molecule has 4 rings (SSSR count). The molecule has 162 valence electrons. The summed E-state index contributed by atoms with van der Waals surface area (Å²) < 4.78 is 16.3. The Hall–Kier alpha value is -3.97. The van der Waals surface area contributed by atoms with E-state index in [2.05, 4.69) is 10.6 Å². The normalized spacial score (nSPS) is 10.6. The molecule has 0 aliphatic carbocycles. The molecule has 8 heteroatoms. The minimum Gasteiger partial charge on any atom is -0.497 e. The molecule has 0 saturated heterocycles. The van der Waals surface area contributed by atoms with Gasteiger partial charge in [-0.2, -0.15) is 0 Å². The maximum Gasteiger partial charge on any atom is 0.293 e. The van der Waals surface area contributed by atoms with E-state index < -0.39 is 11.8 Å². The van der Waals surface area contributed by atoms with E-state index in [1.165, 1.54) is 14.2 Å². The van der Waals surface area contributed by atoms with E-state index >= 15 is 0 Å². The summed E-state index contributed by atoms with van der Waals surface area (Å²) in [7, 11) is 3.03. The highest BCUT2D eigenvalue weighted by atomic mass is 35.5. The van der Waals surface area contributed by atoms with Crippen molar-refractivity contribution in [2.75, 3.05) is 24.9 Å². The summed E-state index contributed by atoms with van der Waals surface area (Å²) >= 11 is 6.00. The van der Waals surface area contributed by atoms with Crippen molar-refractivity contribution in [2.24, 2.45) is 0 Å². The van der Waals surface area contributed by atoms with Crippen LogP contribution in [0.2, 0.25) is 5.02 Å². The molecule has 0 fully saturated rings. The zero-order valence-electron chi connectivity index (χ0n) is 17.3. The van der Waals surface area contributed by atoms with Gasteiger partial charge >= 0.3 is 0 Å². The fourth-order valence-corrected chi connectivity index (χ4v) is 3.42. The third-order valence-electron chi connectivity index (χ3n) is 4.78. The number of carbonyl (C=O) groups is 2. The number of ether oxygens (including phenoxy) is 2. The molecule has 32 heavy (non-hydrogen) atoms. The third-order valence-corrected chi connectivity index (χ3v) is 5.02. The number of anilines is 2. The van der Waals surface area contributed by atoms with E-state index in [0.717, 1.165) is 0 Å². The number of nitrogens with one attached hydrogen (secondary N) is 2. The molecule has 1 aromatic heterocycles. The number of amides is 2. The second-order valence-corrected chi connectivity index (χ2v) is 7.22. The summed E-state index contributed by atoms with van der Waals surface area (Å²) in [4.78, 5) is 26.0. The number of hydrogen-bond donors (Lipinski definition) is 2. The van der Waals surface area contributed by atoms with E-state index in [4.69, 9.17) is 25.5 Å². The molecule has 0 aliphatic rings. The number of methoxy groups -OCH3 is 2. The minimum atomic E-state index is -0.550. The summed E-state index contributed by atoms with van der Waals surface area (Å²) in [6.07, 6.45) is 0. The molecule has 0 spiro atoms. The Morgan fingerprint density at radius 2 is 1.69 bits per heavy atom. The molecule has 0 aliphatic heterocycles. The molecule has 2 N–H and O–H groups in total. The fraction of sp³-hybridized carbons (Fsp3) is 0.0833. The molecule has 0 atom stereocenters. The number of fused-ring (bicyclic) bond motifs is 1. The number of hydrogen-bond acceptors (Lipinski definition) is 5. The van der Waals surface area contributed by atoms with E-state index in [1.54, 1.807) is 66.7 Å². The van der Waals surface area contributed by atoms with Crippen LogP contribution in [0.3, 0.4) is 0 Å². The van der Waals surface area contributed by atoms with E-state index in [0.29, 0.717) is 38.7 Å². The lowest BCUT2D eigenvalue weighted by Crippen LogP contribution is -2.17. The van der Waals surface area contributed by atoms with Crippen LogP contribution in [0.1, 0.15) is 20.9 Å². The van der Waals surface area contributed by atoms with Crippen molar-refractivity contribution in [3.8, 4) is 11.5 Å². The highest BCUT2D eigenvalue weighted by molar-refractivity contribution is 6.31. The van der Waals surface area contributed by atoms with Gasteiger partial charge in [0.15, 0.2) is 0 Å². The van der Waals surface area contributed by atoms with Crippen LogP contribution in [0.15, 0.2) is 71.1 Å². The van der Waals surface area contributed by atoms with Crippen molar-refractivity contribution >= 4 is 45.8 Å². The van der Waals surface area contributed by atoms with Gasteiger partial charge in [0.1, 0.15) is 22.8 Å². The summed E-state index contributed by atoms with van der Waals surface area (Å²) in [5.74, 6) is -0.0166. The molecule has 1 heterocycles. The first-order valence-corrected chi connectivity index (χ1v) is 9.99. The van der Waals surface area contributed by atoms with Crippen molar-refractivity contribution in [3.05, 3.63) is 83.1 Å². The smallest absolute Gasteiger partial charge is 0.293 e. The summed E-state index contributed by atoms with van der Waals surface area (Å²) in [5.41, 5.74) is 1.49. The summed E-state index contributed by atoms with van der Waals surface area (Å²) in [6, 6.07) is 18.6. The SMILES string of the molecule is COc1ccc(NC(=O)c2oc3ccccc3c2NC(=O)c2cccc(Cl)c2)c(OC)c1. The zero-order chi connectivity index (χ0) is 22.7. The van der Waals surface area contributed by atoms with Crippen molar-refractivity contribution in [1.29, 1.82) is 0 Å². The van der Waals surface area contributed by atoms with Gasteiger partial charge in [0.2, 0.25) is 5.76 Å². The van der Waals surface area contributed by atoms with Crippen LogP contribution in [0.25, 0.3) is 11.0 Å². The van der Waals surface area contributed by atoms with Crippen molar-refractivity contribution in [2.45, 2.75) is 0 Å². The fourth-order valence-electron chi connectivity index (χ4n) is 3.23. The monoisotopic (exact) mass is 450 g/mol. The molecule has 3 aromatic carbocycles. The second-order valence-electron chi connectivity index (χ2n) is 6.79. The van der Waals surface area contributed by atoms with E-state index in [1.807, 2.05) is 0 Å². The molecule has 7 nitrogen and oxygen atoms in total. The number of furan rings is 1. The molecule has 0 unspecified atom stereocenters. The number of rotatable bonds is 6. The van der Waals surface area contributed by atoms with Gasteiger partial charge in [-0.1, -0.05) is 29.8 Å². The second kappa shape index (κ2) is 9.03. The van der Waals surface area contributed by atoms with Crippen LogP contribution >= 0.6 is 11.6 Å². The lowest BCUT2D eigenvalue weighted by atomic mass is 10.1. The molecule has 2 amide bonds. The van der Waals surface area contributed by atoms with Crippen LogP contribution < -0.4 is 20.1 Å². The van der Waals surface area contributed by atoms with Crippen LogP contribution in [0, 0.1) is 0 Å². The van der Waals surface area contributed by atoms with Crippen LogP contribution in [0.5, 0.6) is 11.5 Å². The maximum absolute atomic E-state index is 13.1. The Labute approximate surface area is 188 Å².